The third-order valence-corrected chi connectivity index (χ3v) is 2.85. The average Bonchev–Trinajstić information content (AvgIpc) is 2.85. The molecule has 1 aromatic heterocycles. The summed E-state index contributed by atoms with van der Waals surface area (Å²) in [4.78, 5) is 24.2. The van der Waals surface area contributed by atoms with Crippen LogP contribution in [0.5, 0.6) is 0 Å². The van der Waals surface area contributed by atoms with Crippen molar-refractivity contribution >= 4 is 22.8 Å². The number of para-hydroxylation sites is 1. The van der Waals surface area contributed by atoms with E-state index in [0.29, 0.717) is 6.42 Å². The van der Waals surface area contributed by atoms with Crippen molar-refractivity contribution in [3.8, 4) is 0 Å². The molecule has 114 valence electrons. The van der Waals surface area contributed by atoms with Gasteiger partial charge in [-0.3, -0.25) is 4.79 Å². The summed E-state index contributed by atoms with van der Waals surface area (Å²) in [6, 6.07) is 9.54. The van der Waals surface area contributed by atoms with Gasteiger partial charge in [-0.25, -0.2) is 4.79 Å². The monoisotopic (exact) mass is 290 g/mol. The number of H-pyrrole nitrogens is 1. The maximum atomic E-state index is 10.6. The van der Waals surface area contributed by atoms with E-state index in [1.807, 2.05) is 32.2 Å². The molecule has 0 aliphatic rings. The number of aliphatic carboxylic acids is 1. The molecule has 5 heteroatoms. The lowest BCUT2D eigenvalue weighted by Crippen LogP contribution is -2.40. The summed E-state index contributed by atoms with van der Waals surface area (Å²) in [5.41, 5.74) is 1.21. The van der Waals surface area contributed by atoms with Crippen molar-refractivity contribution in [1.29, 1.82) is 0 Å². The van der Waals surface area contributed by atoms with Crippen molar-refractivity contribution in [3.05, 3.63) is 36.5 Å². The number of hydrogen-bond acceptors (Lipinski definition) is 2. The van der Waals surface area contributed by atoms with Crippen LogP contribution in [-0.2, 0) is 9.59 Å². The molecule has 2 rings (SSSR count). The number of carboxylic acid groups (broad SMARTS) is 1. The van der Waals surface area contributed by atoms with Crippen LogP contribution in [-0.4, -0.2) is 28.0 Å². The van der Waals surface area contributed by atoms with Crippen LogP contribution < -0.4 is 5.32 Å². The Kier molecular flexibility index (Phi) is 6.46. The van der Waals surface area contributed by atoms with Crippen LogP contribution in [0.4, 0.5) is 0 Å². The van der Waals surface area contributed by atoms with Crippen molar-refractivity contribution < 1.29 is 14.7 Å². The van der Waals surface area contributed by atoms with Crippen molar-refractivity contribution in [2.45, 2.75) is 33.2 Å². The van der Waals surface area contributed by atoms with E-state index in [9.17, 15) is 9.59 Å². The highest BCUT2D eigenvalue weighted by atomic mass is 16.4. The van der Waals surface area contributed by atoms with Crippen LogP contribution in [0.15, 0.2) is 36.5 Å². The van der Waals surface area contributed by atoms with Gasteiger partial charge in [0.1, 0.15) is 6.04 Å². The molecule has 1 aromatic carbocycles. The summed E-state index contributed by atoms with van der Waals surface area (Å²) in [7, 11) is 0. The quantitative estimate of drug-likeness (QED) is 0.809. The largest absolute Gasteiger partial charge is 0.480 e. The molecule has 1 amide bonds. The van der Waals surface area contributed by atoms with Gasteiger partial charge in [0.2, 0.25) is 5.91 Å². The molecular formula is C16H22N2O3. The van der Waals surface area contributed by atoms with Crippen LogP contribution in [0.2, 0.25) is 0 Å². The lowest BCUT2D eigenvalue weighted by molar-refractivity contribution is -0.142. The summed E-state index contributed by atoms with van der Waals surface area (Å²) in [5.74, 6) is -1.01. The zero-order valence-electron chi connectivity index (χ0n) is 12.6. The molecule has 1 atom stereocenters. The Bertz CT molecular complexity index is 560. The number of carboxylic acids is 1. The van der Waals surface area contributed by atoms with Gasteiger partial charge < -0.3 is 15.4 Å². The summed E-state index contributed by atoms with van der Waals surface area (Å²) >= 11 is 0. The van der Waals surface area contributed by atoms with Gasteiger partial charge in [0.15, 0.2) is 0 Å². The molecule has 1 heterocycles. The molecule has 5 nitrogen and oxygen atoms in total. The van der Waals surface area contributed by atoms with Crippen LogP contribution in [0, 0.1) is 5.92 Å². The zero-order chi connectivity index (χ0) is 15.8. The van der Waals surface area contributed by atoms with Crippen molar-refractivity contribution in [2.24, 2.45) is 5.92 Å². The number of rotatable bonds is 4. The van der Waals surface area contributed by atoms with E-state index in [2.05, 4.69) is 28.5 Å². The highest BCUT2D eigenvalue weighted by Gasteiger charge is 2.18. The minimum atomic E-state index is -0.973. The lowest BCUT2D eigenvalue weighted by atomic mass is 10.0. The Hall–Kier alpha value is -2.30. The number of carbonyl (C=O) groups is 2. The number of fused-ring (bicyclic) bond motifs is 1. The van der Waals surface area contributed by atoms with E-state index >= 15 is 0 Å². The van der Waals surface area contributed by atoms with Gasteiger partial charge in [0, 0.05) is 18.6 Å². The van der Waals surface area contributed by atoms with Gasteiger partial charge in [-0.05, 0) is 29.9 Å². The molecule has 0 radical (unpaired) electrons. The fourth-order valence-corrected chi connectivity index (χ4v) is 1.93. The third-order valence-electron chi connectivity index (χ3n) is 2.85. The van der Waals surface area contributed by atoms with Gasteiger partial charge in [0.05, 0.1) is 0 Å². The molecule has 0 unspecified atom stereocenters. The number of aromatic nitrogens is 1. The van der Waals surface area contributed by atoms with Gasteiger partial charge >= 0.3 is 5.97 Å². The van der Waals surface area contributed by atoms with Crippen molar-refractivity contribution in [1.82, 2.24) is 10.3 Å². The summed E-state index contributed by atoms with van der Waals surface area (Å²) in [6.07, 6.45) is 2.42. The number of aromatic amines is 1. The first-order valence-electron chi connectivity index (χ1n) is 6.92. The summed E-state index contributed by atoms with van der Waals surface area (Å²) in [5, 5.41) is 12.3. The first kappa shape index (κ1) is 16.8. The first-order valence-corrected chi connectivity index (χ1v) is 6.92. The fourth-order valence-electron chi connectivity index (χ4n) is 1.93. The van der Waals surface area contributed by atoms with Gasteiger partial charge in [-0.1, -0.05) is 32.0 Å². The highest BCUT2D eigenvalue weighted by Crippen LogP contribution is 2.09. The number of carbonyl (C=O) groups excluding carboxylic acids is 1. The molecule has 0 aliphatic heterocycles. The van der Waals surface area contributed by atoms with Crippen LogP contribution in [0.25, 0.3) is 10.9 Å². The Labute approximate surface area is 124 Å². The average molecular weight is 290 g/mol. The maximum absolute atomic E-state index is 10.6. The minimum absolute atomic E-state index is 0.262. The van der Waals surface area contributed by atoms with Gasteiger partial charge in [-0.2, -0.15) is 0 Å². The number of nitrogens with one attached hydrogen (secondary N) is 2. The molecule has 2 aromatic rings. The molecule has 0 spiro atoms. The normalized spacial score (nSPS) is 11.6. The van der Waals surface area contributed by atoms with E-state index in [-0.39, 0.29) is 11.8 Å². The molecule has 3 N–H and O–H groups in total. The molecule has 0 aliphatic carbocycles. The van der Waals surface area contributed by atoms with E-state index in [0.717, 1.165) is 0 Å². The Balaban J connectivity index is 0.000000216. The first-order chi connectivity index (χ1) is 9.90. The molecule has 21 heavy (non-hydrogen) atoms. The number of amides is 1. The molecule has 0 bridgehead atoms. The third kappa shape index (κ3) is 6.12. The molecule has 0 saturated heterocycles. The Morgan fingerprint density at radius 2 is 1.90 bits per heavy atom. The molecular weight excluding hydrogens is 268 g/mol. The maximum Gasteiger partial charge on any atom is 0.326 e. The van der Waals surface area contributed by atoms with E-state index in [1.165, 1.54) is 17.8 Å². The second kappa shape index (κ2) is 8.09. The predicted octanol–water partition coefficient (Wildman–Crippen LogP) is 2.79. The van der Waals surface area contributed by atoms with Gasteiger partial charge in [-0.15, -0.1) is 0 Å². The van der Waals surface area contributed by atoms with Crippen LogP contribution in [0.1, 0.15) is 27.2 Å². The van der Waals surface area contributed by atoms with Crippen molar-refractivity contribution in [3.63, 3.8) is 0 Å². The smallest absolute Gasteiger partial charge is 0.326 e. The second-order valence-corrected chi connectivity index (χ2v) is 5.29. The minimum Gasteiger partial charge on any atom is -0.480 e. The van der Waals surface area contributed by atoms with E-state index in [4.69, 9.17) is 5.11 Å². The summed E-state index contributed by atoms with van der Waals surface area (Å²) in [6.45, 7) is 5.14. The Morgan fingerprint density at radius 3 is 2.43 bits per heavy atom. The number of hydrogen-bond donors (Lipinski definition) is 3. The Morgan fingerprint density at radius 1 is 1.24 bits per heavy atom. The van der Waals surface area contributed by atoms with Crippen LogP contribution >= 0.6 is 0 Å². The SMILES string of the molecule is CC(=O)N[C@@H](CC(C)C)C(=O)O.c1ccc2[nH]ccc2c1. The lowest BCUT2D eigenvalue weighted by Gasteiger charge is -2.14. The molecule has 0 saturated carbocycles. The van der Waals surface area contributed by atoms with Crippen LogP contribution in [0.3, 0.4) is 0 Å². The molecule has 0 fully saturated rings. The highest BCUT2D eigenvalue weighted by molar-refractivity contribution is 5.82. The summed E-state index contributed by atoms with van der Waals surface area (Å²) < 4.78 is 0. The second-order valence-electron chi connectivity index (χ2n) is 5.29. The predicted molar refractivity (Wildman–Crippen MR) is 83.0 cm³/mol. The van der Waals surface area contributed by atoms with E-state index in [1.54, 1.807) is 0 Å². The number of benzene rings is 1. The zero-order valence-corrected chi connectivity index (χ0v) is 12.6. The topological polar surface area (TPSA) is 82.2 Å². The standard InChI is InChI=1S/C8H15NO3.C8H7N/c1-5(2)4-7(8(11)12)9-6(3)10;1-2-4-8-7(3-1)5-6-9-8/h5,7H,4H2,1-3H3,(H,9,10)(H,11,12);1-6,9H/t7-;/m0./s1. The fraction of sp³-hybridized carbons (Fsp3) is 0.375. The van der Waals surface area contributed by atoms with Crippen molar-refractivity contribution in [2.75, 3.05) is 0 Å². The van der Waals surface area contributed by atoms with E-state index < -0.39 is 12.0 Å². The van der Waals surface area contributed by atoms with Gasteiger partial charge in [0.25, 0.3) is 0 Å².